The number of nitrogens with zero attached hydrogens (tertiary/aromatic N) is 12. The molecule has 9 heterocycles. The molecule has 0 fully saturated rings. The van der Waals surface area contributed by atoms with E-state index in [1.807, 2.05) is 0 Å². The zero-order valence-corrected chi connectivity index (χ0v) is 60.1. The standard InChI is InChI=1S/C78H78N12O12/c1-73(2,3)97-67(91)85-37-19-25-49(85)43-31-32-44(50-26-20-38-86(50)68(92)98-74(4,5)6)56-55(43)79-61-62(80-56)64-66(84-60-48(54-30-24-42-90(54)72(96)102-78(16,17)18)36-35-47(59(60)82-64)53-29-23-41-89(53)71(95)101-77(13,14)15)65-63(61)81-57-45(51-27-21-39-87(51)69(93)99-75(7,8)9)33-34-46(58(57)83-65)52-28-22-40-88(52)70(94)100-76(10,11)12/h19-42H,1-18H3. The summed E-state index contributed by atoms with van der Waals surface area (Å²) in [6, 6.07) is 31.5. The van der Waals surface area contributed by atoms with E-state index in [4.69, 9.17) is 58.3 Å². The molecule has 102 heavy (non-hydrogen) atoms. The molecular weight excluding hydrogens is 1300 g/mol. The van der Waals surface area contributed by atoms with Crippen LogP contribution in [0.4, 0.5) is 28.8 Å². The van der Waals surface area contributed by atoms with Crippen LogP contribution in [0.5, 0.6) is 0 Å². The van der Waals surface area contributed by atoms with Gasteiger partial charge in [0.2, 0.25) is 0 Å². The normalized spacial score (nSPS) is 12.6. The lowest BCUT2D eigenvalue weighted by atomic mass is 10.0. The molecule has 0 saturated carbocycles. The minimum Gasteiger partial charge on any atom is -0.443 e. The van der Waals surface area contributed by atoms with Crippen molar-refractivity contribution in [3.05, 3.63) is 146 Å². The SMILES string of the molecule is CC(C)(C)OC(=O)n1cccc1-c1ccc(-c2cccn2C(=O)OC(C)(C)C)c2nc3c(nc12)c1nc2c(-c4cccn4C(=O)OC(C)(C)C)ccc(-c4cccn4C(=O)OC(C)(C)C)c2nc1c1nc2c(-c4cccn4C(=O)OC(C)(C)C)ccc(-c4cccn4C(=O)OC(C)(C)C)c2nc31. The van der Waals surface area contributed by atoms with Gasteiger partial charge in [-0.05, 0) is 234 Å². The summed E-state index contributed by atoms with van der Waals surface area (Å²) < 4.78 is 44.1. The molecule has 0 amide bonds. The van der Waals surface area contributed by atoms with E-state index in [-0.39, 0.29) is 66.2 Å². The second-order valence-corrected chi connectivity index (χ2v) is 30.8. The summed E-state index contributed by atoms with van der Waals surface area (Å²) in [6.07, 6.45) is 5.50. The van der Waals surface area contributed by atoms with Crippen molar-refractivity contribution in [1.29, 1.82) is 0 Å². The Bertz CT molecular complexity index is 4720. The minimum absolute atomic E-state index is 0.119. The summed E-state index contributed by atoms with van der Waals surface area (Å²) in [5, 5.41) is 0. The third kappa shape index (κ3) is 13.2. The van der Waals surface area contributed by atoms with E-state index in [2.05, 4.69) is 0 Å². The molecule has 0 N–H and O–H groups in total. The molecule has 0 unspecified atom stereocenters. The number of hydrogen-bond donors (Lipinski definition) is 0. The van der Waals surface area contributed by atoms with Crippen molar-refractivity contribution < 1.29 is 57.2 Å². The van der Waals surface area contributed by atoms with Gasteiger partial charge in [0.05, 0.1) is 67.3 Å². The number of fused-ring (bicyclic) bond motifs is 9. The lowest BCUT2D eigenvalue weighted by Crippen LogP contribution is -2.27. The zero-order chi connectivity index (χ0) is 73.2. The van der Waals surface area contributed by atoms with Crippen LogP contribution in [-0.2, 0) is 28.4 Å². The van der Waals surface area contributed by atoms with Gasteiger partial charge in [-0.1, -0.05) is 0 Å². The number of ether oxygens (including phenoxy) is 6. The van der Waals surface area contributed by atoms with Crippen LogP contribution in [0.25, 0.3) is 134 Å². The van der Waals surface area contributed by atoms with Crippen LogP contribution in [0, 0.1) is 0 Å². The predicted molar refractivity (Wildman–Crippen MR) is 389 cm³/mol. The van der Waals surface area contributed by atoms with Gasteiger partial charge in [0, 0.05) is 70.6 Å². The molecule has 24 nitrogen and oxygen atoms in total. The third-order valence-corrected chi connectivity index (χ3v) is 15.8. The van der Waals surface area contributed by atoms with Crippen LogP contribution in [0.3, 0.4) is 0 Å². The molecule has 0 aliphatic carbocycles. The Hall–Kier alpha value is -11.8. The van der Waals surface area contributed by atoms with E-state index in [9.17, 15) is 28.8 Å². The molecule has 24 heteroatoms. The van der Waals surface area contributed by atoms with E-state index in [1.54, 1.807) is 271 Å². The third-order valence-electron chi connectivity index (χ3n) is 15.8. The summed E-state index contributed by atoms with van der Waals surface area (Å²) in [5.41, 5.74) is 1.34. The summed E-state index contributed by atoms with van der Waals surface area (Å²) >= 11 is 0. The molecule has 9 aromatic heterocycles. The highest BCUT2D eigenvalue weighted by Gasteiger charge is 2.33. The molecule has 0 spiro atoms. The predicted octanol–water partition coefficient (Wildman–Crippen LogP) is 18.5. The lowest BCUT2D eigenvalue weighted by molar-refractivity contribution is 0.0528. The van der Waals surface area contributed by atoms with Crippen molar-refractivity contribution in [1.82, 2.24) is 57.3 Å². The maximum atomic E-state index is 14.3. The Labute approximate surface area is 586 Å². The second-order valence-electron chi connectivity index (χ2n) is 30.8. The molecule has 0 aliphatic rings. The number of rotatable bonds is 6. The molecule has 0 radical (unpaired) electrons. The molecule has 0 saturated heterocycles. The van der Waals surface area contributed by atoms with Gasteiger partial charge >= 0.3 is 36.6 Å². The van der Waals surface area contributed by atoms with Crippen molar-refractivity contribution in [3.63, 3.8) is 0 Å². The average Bonchev–Trinajstić information content (AvgIpc) is 0.750. The van der Waals surface area contributed by atoms with E-state index in [0.717, 1.165) is 0 Å². The number of carbonyl (C=O) groups is 6. The van der Waals surface area contributed by atoms with Gasteiger partial charge in [-0.25, -0.2) is 58.7 Å². The van der Waals surface area contributed by atoms with Gasteiger partial charge in [-0.2, -0.15) is 0 Å². The average molecular weight is 1380 g/mol. The van der Waals surface area contributed by atoms with Crippen LogP contribution < -0.4 is 0 Å². The molecule has 0 atom stereocenters. The first-order chi connectivity index (χ1) is 47.8. The Morgan fingerprint density at radius 2 is 0.343 bits per heavy atom. The monoisotopic (exact) mass is 1370 g/mol. The van der Waals surface area contributed by atoms with Crippen molar-refractivity contribution in [2.24, 2.45) is 0 Å². The number of hydrogen-bond acceptors (Lipinski definition) is 18. The van der Waals surface area contributed by atoms with Crippen molar-refractivity contribution >= 4 is 103 Å². The Balaban J connectivity index is 1.25. The topological polar surface area (TPSA) is 265 Å². The van der Waals surface area contributed by atoms with E-state index < -0.39 is 70.2 Å². The second kappa shape index (κ2) is 24.5. The molecule has 13 aromatic rings. The van der Waals surface area contributed by atoms with Gasteiger partial charge in [-0.3, -0.25) is 27.4 Å². The Morgan fingerprint density at radius 3 is 0.461 bits per heavy atom. The van der Waals surface area contributed by atoms with E-state index >= 15 is 0 Å². The summed E-state index contributed by atoms with van der Waals surface area (Å²) in [7, 11) is 0. The first-order valence-electron chi connectivity index (χ1n) is 33.3. The largest absolute Gasteiger partial charge is 0.443 e. The minimum atomic E-state index is -0.895. The number of aromatic nitrogens is 12. The molecule has 0 aliphatic heterocycles. The first-order valence-corrected chi connectivity index (χ1v) is 33.3. The molecule has 522 valence electrons. The van der Waals surface area contributed by atoms with Crippen LogP contribution >= 0.6 is 0 Å². The van der Waals surface area contributed by atoms with E-state index in [1.165, 1.54) is 27.4 Å². The number of benzene rings is 4. The Morgan fingerprint density at radius 1 is 0.216 bits per heavy atom. The molecule has 0 bridgehead atoms. The maximum Gasteiger partial charge on any atom is 0.418 e. The molecule has 4 aromatic carbocycles. The van der Waals surface area contributed by atoms with Crippen molar-refractivity contribution in [2.75, 3.05) is 0 Å². The maximum absolute atomic E-state index is 14.3. The van der Waals surface area contributed by atoms with Gasteiger partial charge < -0.3 is 28.4 Å². The fraction of sp³-hybridized carbons (Fsp3) is 0.308. The van der Waals surface area contributed by atoms with Crippen molar-refractivity contribution in [3.8, 4) is 67.5 Å². The summed E-state index contributed by atoms with van der Waals surface area (Å²) in [5.74, 6) is 0. The molecular formula is C78H78N12O12. The van der Waals surface area contributed by atoms with Gasteiger partial charge in [0.1, 0.15) is 66.7 Å². The van der Waals surface area contributed by atoms with Crippen LogP contribution in [0.15, 0.2) is 146 Å². The first kappa shape index (κ1) is 68.7. The fourth-order valence-corrected chi connectivity index (χ4v) is 12.1. The summed E-state index contributed by atoms with van der Waals surface area (Å²) in [4.78, 5) is 120. The smallest absolute Gasteiger partial charge is 0.418 e. The zero-order valence-electron chi connectivity index (χ0n) is 60.1. The van der Waals surface area contributed by atoms with Gasteiger partial charge in [0.25, 0.3) is 0 Å². The highest BCUT2D eigenvalue weighted by atomic mass is 16.6. The number of carbonyl (C=O) groups excluding carboxylic acids is 6. The van der Waals surface area contributed by atoms with Crippen LogP contribution in [-0.4, -0.2) is 127 Å². The highest BCUT2D eigenvalue weighted by Crippen LogP contribution is 2.44. The quantitative estimate of drug-likeness (QED) is 0.0850. The summed E-state index contributed by atoms with van der Waals surface area (Å²) in [6.45, 7) is 31.9. The van der Waals surface area contributed by atoms with Gasteiger partial charge in [0.15, 0.2) is 0 Å². The van der Waals surface area contributed by atoms with Gasteiger partial charge in [-0.15, -0.1) is 0 Å². The highest BCUT2D eigenvalue weighted by molar-refractivity contribution is 6.24. The fourth-order valence-electron chi connectivity index (χ4n) is 12.1. The van der Waals surface area contributed by atoms with Crippen LogP contribution in [0.1, 0.15) is 125 Å². The molecule has 13 rings (SSSR count). The van der Waals surface area contributed by atoms with Crippen molar-refractivity contribution in [2.45, 2.75) is 158 Å². The van der Waals surface area contributed by atoms with E-state index in [0.29, 0.717) is 67.5 Å². The lowest BCUT2D eigenvalue weighted by Gasteiger charge is -2.22. The van der Waals surface area contributed by atoms with Crippen LogP contribution in [0.2, 0.25) is 0 Å². The Kier molecular flexibility index (Phi) is 16.5.